The highest BCUT2D eigenvalue weighted by Crippen LogP contribution is 2.16. The summed E-state index contributed by atoms with van der Waals surface area (Å²) in [5, 5.41) is 5.17. The van der Waals surface area contributed by atoms with E-state index in [4.69, 9.17) is 0 Å². The van der Waals surface area contributed by atoms with Crippen molar-refractivity contribution >= 4 is 40.7 Å². The fraction of sp³-hybridized carbons (Fsp3) is 0.435. The van der Waals surface area contributed by atoms with Gasteiger partial charge in [0, 0.05) is 23.6 Å². The van der Waals surface area contributed by atoms with Crippen molar-refractivity contribution in [2.45, 2.75) is 46.1 Å². The SMILES string of the molecule is COC(=O)CC[C@H](NC(=O)CC#Cc1cnc2nc(NC(=O)C(C)(C)C)[nH]c(=O)c2c1)C(=O)OC. The number of esters is 2. The van der Waals surface area contributed by atoms with Crippen molar-refractivity contribution in [3.05, 3.63) is 28.2 Å². The van der Waals surface area contributed by atoms with Crippen molar-refractivity contribution in [3.63, 3.8) is 0 Å². The maximum atomic E-state index is 12.4. The first-order valence-electron chi connectivity index (χ1n) is 10.6. The molecule has 0 radical (unpaired) electrons. The molecule has 186 valence electrons. The summed E-state index contributed by atoms with van der Waals surface area (Å²) in [6, 6.07) is 0.440. The van der Waals surface area contributed by atoms with Crippen molar-refractivity contribution in [1.82, 2.24) is 20.3 Å². The van der Waals surface area contributed by atoms with Crippen LogP contribution in [0.2, 0.25) is 0 Å². The zero-order chi connectivity index (χ0) is 26.2. The van der Waals surface area contributed by atoms with Gasteiger partial charge in [0.25, 0.3) is 5.56 Å². The molecule has 0 saturated heterocycles. The second kappa shape index (κ2) is 11.7. The summed E-state index contributed by atoms with van der Waals surface area (Å²) in [5.41, 5.74) is -0.711. The van der Waals surface area contributed by atoms with Crippen molar-refractivity contribution in [1.29, 1.82) is 0 Å². The molecule has 3 N–H and O–H groups in total. The van der Waals surface area contributed by atoms with E-state index >= 15 is 0 Å². The molecule has 2 aromatic heterocycles. The van der Waals surface area contributed by atoms with Gasteiger partial charge in [-0.15, -0.1) is 0 Å². The van der Waals surface area contributed by atoms with Crippen LogP contribution < -0.4 is 16.2 Å². The Balaban J connectivity index is 2.09. The van der Waals surface area contributed by atoms with E-state index in [0.29, 0.717) is 5.56 Å². The van der Waals surface area contributed by atoms with Crippen LogP contribution in [-0.2, 0) is 28.7 Å². The number of pyridine rings is 1. The van der Waals surface area contributed by atoms with E-state index in [2.05, 4.69) is 46.9 Å². The number of H-pyrrole nitrogens is 1. The molecule has 12 heteroatoms. The second-order valence-electron chi connectivity index (χ2n) is 8.45. The van der Waals surface area contributed by atoms with Gasteiger partial charge in [-0.1, -0.05) is 32.6 Å². The molecule has 35 heavy (non-hydrogen) atoms. The van der Waals surface area contributed by atoms with Crippen molar-refractivity contribution in [2.75, 3.05) is 19.5 Å². The summed E-state index contributed by atoms with van der Waals surface area (Å²) in [5.74, 6) is 3.26. The Morgan fingerprint density at radius 1 is 1.17 bits per heavy atom. The van der Waals surface area contributed by atoms with E-state index in [1.54, 1.807) is 20.8 Å². The number of aromatic nitrogens is 3. The van der Waals surface area contributed by atoms with Gasteiger partial charge in [-0.05, 0) is 12.5 Å². The molecule has 0 spiro atoms. The number of nitrogens with zero attached hydrogens (tertiary/aromatic N) is 2. The maximum absolute atomic E-state index is 12.4. The van der Waals surface area contributed by atoms with E-state index in [9.17, 15) is 24.0 Å². The van der Waals surface area contributed by atoms with Crippen LogP contribution in [0.3, 0.4) is 0 Å². The highest BCUT2D eigenvalue weighted by molar-refractivity contribution is 5.93. The minimum Gasteiger partial charge on any atom is -0.469 e. The molecule has 12 nitrogen and oxygen atoms in total. The highest BCUT2D eigenvalue weighted by atomic mass is 16.5. The number of ether oxygens (including phenoxy) is 2. The van der Waals surface area contributed by atoms with Crippen LogP contribution in [0.15, 0.2) is 17.1 Å². The summed E-state index contributed by atoms with van der Waals surface area (Å²) < 4.78 is 9.17. The van der Waals surface area contributed by atoms with Gasteiger partial charge in [0.1, 0.15) is 6.04 Å². The van der Waals surface area contributed by atoms with E-state index in [-0.39, 0.29) is 42.2 Å². The molecular formula is C23H27N5O7. The molecule has 2 heterocycles. The fourth-order valence-electron chi connectivity index (χ4n) is 2.67. The number of nitrogens with one attached hydrogen (secondary N) is 3. The Labute approximate surface area is 201 Å². The van der Waals surface area contributed by atoms with E-state index in [0.717, 1.165) is 0 Å². The van der Waals surface area contributed by atoms with Crippen molar-refractivity contribution in [3.8, 4) is 11.8 Å². The summed E-state index contributed by atoms with van der Waals surface area (Å²) in [4.78, 5) is 70.6. The molecule has 2 amide bonds. The predicted molar refractivity (Wildman–Crippen MR) is 125 cm³/mol. The largest absolute Gasteiger partial charge is 0.469 e. The molecule has 0 aliphatic rings. The van der Waals surface area contributed by atoms with Crippen LogP contribution in [-0.4, -0.2) is 59.0 Å². The van der Waals surface area contributed by atoms with E-state index in [1.165, 1.54) is 26.5 Å². The average molecular weight is 485 g/mol. The monoisotopic (exact) mass is 485 g/mol. The molecule has 0 aliphatic heterocycles. The van der Waals surface area contributed by atoms with Gasteiger partial charge in [-0.25, -0.2) is 9.78 Å². The number of carbonyl (C=O) groups excluding carboxylic acids is 4. The summed E-state index contributed by atoms with van der Waals surface area (Å²) >= 11 is 0. The molecule has 1 atom stereocenters. The smallest absolute Gasteiger partial charge is 0.328 e. The number of hydrogen-bond donors (Lipinski definition) is 3. The Morgan fingerprint density at radius 3 is 2.51 bits per heavy atom. The molecule has 0 aliphatic carbocycles. The first kappa shape index (κ1) is 27.0. The lowest BCUT2D eigenvalue weighted by Crippen LogP contribution is -2.41. The van der Waals surface area contributed by atoms with Gasteiger partial charge in [-0.2, -0.15) is 4.98 Å². The zero-order valence-electron chi connectivity index (χ0n) is 20.1. The van der Waals surface area contributed by atoms with Gasteiger partial charge in [0.2, 0.25) is 17.8 Å². The van der Waals surface area contributed by atoms with Crippen LogP contribution in [0.25, 0.3) is 11.0 Å². The average Bonchev–Trinajstić information content (AvgIpc) is 2.80. The lowest BCUT2D eigenvalue weighted by molar-refractivity contribution is -0.146. The van der Waals surface area contributed by atoms with E-state index in [1.807, 2.05) is 0 Å². The van der Waals surface area contributed by atoms with Gasteiger partial charge in [-0.3, -0.25) is 29.5 Å². The van der Waals surface area contributed by atoms with Gasteiger partial charge in [0.05, 0.1) is 26.0 Å². The van der Waals surface area contributed by atoms with Gasteiger partial charge in [0.15, 0.2) is 5.65 Å². The Bertz CT molecular complexity index is 1250. The minimum atomic E-state index is -1.02. The minimum absolute atomic E-state index is 0.0150. The first-order chi connectivity index (χ1) is 16.4. The number of aromatic amines is 1. The number of anilines is 1. The summed E-state index contributed by atoms with van der Waals surface area (Å²) in [6.07, 6.45) is 1.06. The number of rotatable bonds is 7. The van der Waals surface area contributed by atoms with Crippen molar-refractivity contribution in [2.24, 2.45) is 5.41 Å². The van der Waals surface area contributed by atoms with Crippen LogP contribution >= 0.6 is 0 Å². The quantitative estimate of drug-likeness (QED) is 0.376. The first-order valence-corrected chi connectivity index (χ1v) is 10.6. The zero-order valence-corrected chi connectivity index (χ0v) is 20.1. The van der Waals surface area contributed by atoms with E-state index < -0.39 is 34.9 Å². The Morgan fingerprint density at radius 2 is 1.89 bits per heavy atom. The molecule has 2 aromatic rings. The molecule has 0 saturated carbocycles. The van der Waals surface area contributed by atoms with Gasteiger partial charge >= 0.3 is 11.9 Å². The lowest BCUT2D eigenvalue weighted by atomic mass is 9.96. The maximum Gasteiger partial charge on any atom is 0.328 e. The van der Waals surface area contributed by atoms with Crippen LogP contribution in [0.4, 0.5) is 5.95 Å². The standard InChI is InChI=1S/C23H27N5O7/c1-23(2,3)21(33)28-22-26-18-14(19(31)27-22)11-13(12-24-18)7-6-8-16(29)25-15(20(32)35-5)9-10-17(30)34-4/h11-12,15H,8-10H2,1-5H3,(H,25,29)(H2,24,26,27,28,31,33)/t15-/m0/s1. The normalized spacial score (nSPS) is 11.6. The Hall–Kier alpha value is -4.27. The number of fused-ring (bicyclic) bond motifs is 1. The van der Waals surface area contributed by atoms with Gasteiger partial charge < -0.3 is 14.8 Å². The molecule has 0 aromatic carbocycles. The predicted octanol–water partition coefficient (Wildman–Crippen LogP) is 0.655. The molecule has 0 fully saturated rings. The number of methoxy groups -OCH3 is 2. The highest BCUT2D eigenvalue weighted by Gasteiger charge is 2.23. The number of carbonyl (C=O) groups is 4. The Kier molecular flexibility index (Phi) is 9.04. The third-order valence-electron chi connectivity index (χ3n) is 4.64. The summed E-state index contributed by atoms with van der Waals surface area (Å²) in [7, 11) is 2.39. The fourth-order valence-corrected chi connectivity index (χ4v) is 2.67. The third-order valence-corrected chi connectivity index (χ3v) is 4.64. The molecule has 2 rings (SSSR count). The van der Waals surface area contributed by atoms with Crippen LogP contribution in [0.5, 0.6) is 0 Å². The number of amides is 2. The second-order valence-corrected chi connectivity index (χ2v) is 8.45. The topological polar surface area (TPSA) is 169 Å². The summed E-state index contributed by atoms with van der Waals surface area (Å²) in [6.45, 7) is 5.18. The molecule has 0 bridgehead atoms. The van der Waals surface area contributed by atoms with Crippen molar-refractivity contribution < 1.29 is 28.7 Å². The van der Waals surface area contributed by atoms with Crippen LogP contribution in [0, 0.1) is 17.3 Å². The van der Waals surface area contributed by atoms with Crippen LogP contribution in [0.1, 0.15) is 45.6 Å². The molecular weight excluding hydrogens is 458 g/mol. The number of hydrogen-bond acceptors (Lipinski definition) is 9. The third kappa shape index (κ3) is 7.92. The lowest BCUT2D eigenvalue weighted by Gasteiger charge is -2.16. The molecule has 0 unspecified atom stereocenters.